The Labute approximate surface area is 324 Å². The van der Waals surface area contributed by atoms with E-state index in [2.05, 4.69) is 215 Å². The van der Waals surface area contributed by atoms with Gasteiger partial charge in [-0.05, 0) is 81.9 Å². The van der Waals surface area contributed by atoms with Crippen molar-refractivity contribution < 1.29 is 0 Å². The van der Waals surface area contributed by atoms with Gasteiger partial charge in [-0.1, -0.05) is 158 Å². The molecule has 8 aromatic carbocycles. The van der Waals surface area contributed by atoms with Crippen LogP contribution >= 0.6 is 0 Å². The largest absolute Gasteiger partial charge is 0.346 e. The van der Waals surface area contributed by atoms with E-state index in [1.54, 1.807) is 0 Å². The van der Waals surface area contributed by atoms with Crippen molar-refractivity contribution in [2.45, 2.75) is 6.29 Å². The van der Waals surface area contributed by atoms with E-state index in [9.17, 15) is 0 Å². The van der Waals surface area contributed by atoms with Gasteiger partial charge in [0.05, 0.1) is 27.8 Å². The molecule has 4 nitrogen and oxygen atoms in total. The van der Waals surface area contributed by atoms with Gasteiger partial charge < -0.3 is 14.5 Å². The molecule has 0 amide bonds. The molecule has 0 saturated heterocycles. The molecular weight excluding hydrogens is 681 g/mol. The first-order valence-corrected chi connectivity index (χ1v) is 19.2. The van der Waals surface area contributed by atoms with Crippen molar-refractivity contribution >= 4 is 55.0 Å². The molecule has 0 saturated carbocycles. The van der Waals surface area contributed by atoms with Gasteiger partial charge in [0.2, 0.25) is 6.29 Å². The van der Waals surface area contributed by atoms with E-state index in [1.165, 1.54) is 60.5 Å². The highest BCUT2D eigenvalue weighted by Gasteiger charge is 2.23. The average Bonchev–Trinajstić information content (AvgIpc) is 3.79. The molecular formula is C52H36N4. The Morgan fingerprint density at radius 3 is 1.61 bits per heavy atom. The second-order valence-corrected chi connectivity index (χ2v) is 14.4. The van der Waals surface area contributed by atoms with E-state index in [0.29, 0.717) is 0 Å². The fourth-order valence-electron chi connectivity index (χ4n) is 8.50. The first kappa shape index (κ1) is 32.0. The summed E-state index contributed by atoms with van der Waals surface area (Å²) < 4.78 is 4.73. The van der Waals surface area contributed by atoms with Gasteiger partial charge in [-0.2, -0.15) is 0 Å². The molecule has 1 N–H and O–H groups in total. The van der Waals surface area contributed by atoms with Crippen LogP contribution in [-0.2, 0) is 0 Å². The summed E-state index contributed by atoms with van der Waals surface area (Å²) in [4.78, 5) is 5.33. The number of aromatic nitrogens is 2. The summed E-state index contributed by atoms with van der Waals surface area (Å²) in [7, 11) is 0. The van der Waals surface area contributed by atoms with Gasteiger partial charge in [0.1, 0.15) is 0 Å². The summed E-state index contributed by atoms with van der Waals surface area (Å²) in [5, 5.41) is 8.72. The third-order valence-electron chi connectivity index (χ3n) is 11.2. The molecule has 56 heavy (non-hydrogen) atoms. The lowest BCUT2D eigenvalue weighted by Gasteiger charge is -2.27. The minimum Gasteiger partial charge on any atom is -0.346 e. The normalized spacial score (nSPS) is 14.2. The van der Waals surface area contributed by atoms with Crippen molar-refractivity contribution in [3.8, 4) is 27.9 Å². The Balaban J connectivity index is 0.982. The van der Waals surface area contributed by atoms with Gasteiger partial charge in [0.15, 0.2) is 0 Å². The van der Waals surface area contributed by atoms with Crippen molar-refractivity contribution in [1.29, 1.82) is 0 Å². The summed E-state index contributed by atoms with van der Waals surface area (Å²) in [5.74, 6) is 0. The number of aliphatic imine (C=N–C) groups is 1. The fraction of sp³-hybridized carbons (Fsp3) is 0.0192. The molecule has 10 aromatic rings. The summed E-state index contributed by atoms with van der Waals surface area (Å²) in [5.41, 5.74) is 14.8. The number of fused-ring (bicyclic) bond motifs is 6. The lowest BCUT2D eigenvalue weighted by Crippen LogP contribution is -2.29. The minimum atomic E-state index is -0.337. The lowest BCUT2D eigenvalue weighted by molar-refractivity contribution is 0.508. The van der Waals surface area contributed by atoms with Crippen LogP contribution in [0.25, 0.3) is 77.2 Å². The Hall–Kier alpha value is -7.43. The molecule has 0 fully saturated rings. The van der Waals surface area contributed by atoms with E-state index in [4.69, 9.17) is 4.99 Å². The lowest BCUT2D eigenvalue weighted by atomic mass is 9.98. The maximum atomic E-state index is 5.33. The zero-order valence-corrected chi connectivity index (χ0v) is 30.5. The van der Waals surface area contributed by atoms with Gasteiger partial charge in [-0.25, -0.2) is 4.99 Å². The molecule has 264 valence electrons. The molecule has 0 spiro atoms. The molecule has 1 unspecified atom stereocenters. The zero-order chi connectivity index (χ0) is 37.0. The van der Waals surface area contributed by atoms with Crippen LogP contribution in [0.15, 0.2) is 211 Å². The molecule has 3 heterocycles. The molecule has 2 aromatic heterocycles. The first-order valence-electron chi connectivity index (χ1n) is 19.2. The van der Waals surface area contributed by atoms with Crippen LogP contribution in [0.3, 0.4) is 0 Å². The van der Waals surface area contributed by atoms with Crippen molar-refractivity contribution in [3.05, 3.63) is 217 Å². The highest BCUT2D eigenvalue weighted by Crippen LogP contribution is 2.38. The predicted molar refractivity (Wildman–Crippen MR) is 234 cm³/mol. The monoisotopic (exact) mass is 716 g/mol. The number of nitrogens with zero attached hydrogens (tertiary/aromatic N) is 3. The predicted octanol–water partition coefficient (Wildman–Crippen LogP) is 12.8. The topological polar surface area (TPSA) is 34.2 Å². The smallest absolute Gasteiger partial charge is 0.201 e. The van der Waals surface area contributed by atoms with Gasteiger partial charge >= 0.3 is 0 Å². The number of hydrogen-bond donors (Lipinski definition) is 1. The van der Waals surface area contributed by atoms with E-state index < -0.39 is 0 Å². The maximum Gasteiger partial charge on any atom is 0.201 e. The maximum absolute atomic E-state index is 5.33. The second kappa shape index (κ2) is 13.2. The van der Waals surface area contributed by atoms with Crippen LogP contribution in [0.1, 0.15) is 17.4 Å². The van der Waals surface area contributed by atoms with E-state index in [-0.39, 0.29) is 6.29 Å². The summed E-state index contributed by atoms with van der Waals surface area (Å²) in [6.45, 7) is 0. The van der Waals surface area contributed by atoms with Crippen LogP contribution in [0.2, 0.25) is 0 Å². The number of benzene rings is 8. The Bertz CT molecular complexity index is 3130. The van der Waals surface area contributed by atoms with Crippen molar-refractivity contribution in [3.63, 3.8) is 0 Å². The molecule has 0 aliphatic carbocycles. The van der Waals surface area contributed by atoms with Crippen LogP contribution in [-0.4, -0.2) is 14.8 Å². The van der Waals surface area contributed by atoms with Crippen molar-refractivity contribution in [2.75, 3.05) is 0 Å². The number of allylic oxidation sites excluding steroid dienone is 1. The summed E-state index contributed by atoms with van der Waals surface area (Å²) in [6, 6.07) is 71.7. The van der Waals surface area contributed by atoms with E-state index >= 15 is 0 Å². The van der Waals surface area contributed by atoms with Crippen molar-refractivity contribution in [2.24, 2.45) is 4.99 Å². The number of rotatable bonds is 6. The molecule has 11 rings (SSSR count). The first-order chi connectivity index (χ1) is 27.8. The van der Waals surface area contributed by atoms with Crippen LogP contribution in [0, 0.1) is 0 Å². The van der Waals surface area contributed by atoms with Crippen LogP contribution in [0.5, 0.6) is 0 Å². The van der Waals surface area contributed by atoms with Gasteiger partial charge in [-0.15, -0.1) is 0 Å². The molecule has 0 bridgehead atoms. The van der Waals surface area contributed by atoms with Gasteiger partial charge in [0.25, 0.3) is 0 Å². The molecule has 4 heteroatoms. The Morgan fingerprint density at radius 1 is 0.375 bits per heavy atom. The quantitative estimate of drug-likeness (QED) is 0.183. The summed E-state index contributed by atoms with van der Waals surface area (Å²) >= 11 is 0. The fourth-order valence-corrected chi connectivity index (χ4v) is 8.50. The van der Waals surface area contributed by atoms with E-state index in [0.717, 1.165) is 33.6 Å². The SMILES string of the molecule is C1=C(c2ccccc2)NC(n2c3ccccc3c3cc(-c4ccc(-c5ccc6c7ccccc7n(-c7ccccc7)c6c5)cc4)ccc32)N=C1c1ccccc1. The highest BCUT2D eigenvalue weighted by atomic mass is 15.3. The number of nitrogens with one attached hydrogen (secondary N) is 1. The van der Waals surface area contributed by atoms with Gasteiger partial charge in [0, 0.05) is 32.9 Å². The average molecular weight is 717 g/mol. The highest BCUT2D eigenvalue weighted by molar-refractivity contribution is 6.14. The molecule has 1 aliphatic heterocycles. The van der Waals surface area contributed by atoms with Crippen molar-refractivity contribution in [1.82, 2.24) is 14.5 Å². The third-order valence-corrected chi connectivity index (χ3v) is 11.2. The minimum absolute atomic E-state index is 0.337. The van der Waals surface area contributed by atoms with Crippen LogP contribution in [0.4, 0.5) is 0 Å². The Kier molecular flexibility index (Phi) is 7.52. The molecule has 1 aliphatic rings. The molecule has 0 radical (unpaired) electrons. The summed E-state index contributed by atoms with van der Waals surface area (Å²) in [6.07, 6.45) is 1.83. The number of para-hydroxylation sites is 3. The zero-order valence-electron chi connectivity index (χ0n) is 30.5. The van der Waals surface area contributed by atoms with E-state index in [1.807, 2.05) is 6.07 Å². The Morgan fingerprint density at radius 2 is 0.893 bits per heavy atom. The standard InChI is InChI=1S/C52H36N4/c1-4-14-37(15-5-1)46-34-47(38-16-6-2-7-17-38)54-52(53-46)56-49-23-13-11-21-43(49)45-32-39(29-31-50(45)56)35-24-26-36(27-25-35)40-28-30-44-42-20-10-12-22-48(42)55(51(44)33-40)41-18-8-3-9-19-41/h1-34,52-53H. The van der Waals surface area contributed by atoms with Gasteiger partial charge in [-0.3, -0.25) is 0 Å². The third kappa shape index (κ3) is 5.34. The second-order valence-electron chi connectivity index (χ2n) is 14.4. The number of hydrogen-bond acceptors (Lipinski definition) is 2. The molecule has 1 atom stereocenters. The van der Waals surface area contributed by atoms with Crippen LogP contribution < -0.4 is 5.32 Å².